The molecule has 1 aliphatic heterocycles. The van der Waals surface area contributed by atoms with Gasteiger partial charge in [0.05, 0.1) is 18.2 Å². The summed E-state index contributed by atoms with van der Waals surface area (Å²) >= 11 is 0. The number of hydrogen-bond acceptors (Lipinski definition) is 3. The van der Waals surface area contributed by atoms with Crippen molar-refractivity contribution in [3.8, 4) is 5.75 Å². The molecule has 0 saturated carbocycles. The first kappa shape index (κ1) is 13.1. The fraction of sp³-hybridized carbons (Fsp3) is 0.222. The molecule has 0 N–H and O–H groups in total. The van der Waals surface area contributed by atoms with Crippen LogP contribution in [0.15, 0.2) is 42.5 Å². The van der Waals surface area contributed by atoms with E-state index in [1.165, 1.54) is 10.5 Å². The van der Waals surface area contributed by atoms with E-state index in [0.717, 1.165) is 11.3 Å². The van der Waals surface area contributed by atoms with Crippen molar-refractivity contribution in [2.24, 2.45) is 0 Å². The Morgan fingerprint density at radius 3 is 2.23 bits per heavy atom. The van der Waals surface area contributed by atoms with Crippen molar-refractivity contribution in [3.63, 3.8) is 0 Å². The standard InChI is InChI=1S/C18H15NO3/c1-22-14-7-6-11-8-13(9-12(11)10-14)19-17(20)15-4-2-3-5-16(15)18(19)21/h2-7,10,13H,8-9H2,1H3. The van der Waals surface area contributed by atoms with E-state index in [9.17, 15) is 9.59 Å². The molecule has 0 fully saturated rings. The van der Waals surface area contributed by atoms with E-state index in [4.69, 9.17) is 4.74 Å². The minimum Gasteiger partial charge on any atom is -0.497 e. The van der Waals surface area contributed by atoms with E-state index < -0.39 is 0 Å². The average Bonchev–Trinajstić information content (AvgIpc) is 3.06. The Kier molecular flexibility index (Phi) is 2.79. The highest BCUT2D eigenvalue weighted by Gasteiger charge is 2.41. The summed E-state index contributed by atoms with van der Waals surface area (Å²) in [5, 5.41) is 0. The highest BCUT2D eigenvalue weighted by Crippen LogP contribution is 2.33. The lowest BCUT2D eigenvalue weighted by molar-refractivity contribution is 0.0590. The van der Waals surface area contributed by atoms with Gasteiger partial charge in [0.1, 0.15) is 5.75 Å². The van der Waals surface area contributed by atoms with Crippen molar-refractivity contribution in [3.05, 3.63) is 64.7 Å². The van der Waals surface area contributed by atoms with Crippen LogP contribution in [0.25, 0.3) is 0 Å². The summed E-state index contributed by atoms with van der Waals surface area (Å²) in [6, 6.07) is 12.9. The van der Waals surface area contributed by atoms with Crippen molar-refractivity contribution in [1.82, 2.24) is 4.90 Å². The average molecular weight is 293 g/mol. The number of hydrogen-bond donors (Lipinski definition) is 0. The normalized spacial score (nSPS) is 19.3. The second-order valence-electron chi connectivity index (χ2n) is 5.72. The van der Waals surface area contributed by atoms with Gasteiger partial charge >= 0.3 is 0 Å². The molecule has 0 bridgehead atoms. The van der Waals surface area contributed by atoms with Gasteiger partial charge in [0.15, 0.2) is 0 Å². The predicted molar refractivity (Wildman–Crippen MR) is 81.1 cm³/mol. The molecule has 0 radical (unpaired) electrons. The molecule has 2 amide bonds. The Balaban J connectivity index is 1.66. The number of ether oxygens (including phenoxy) is 1. The third-order valence-corrected chi connectivity index (χ3v) is 4.52. The quantitative estimate of drug-likeness (QED) is 0.799. The van der Waals surface area contributed by atoms with Gasteiger partial charge in [0.2, 0.25) is 0 Å². The monoisotopic (exact) mass is 293 g/mol. The zero-order valence-corrected chi connectivity index (χ0v) is 12.2. The molecule has 1 unspecified atom stereocenters. The van der Waals surface area contributed by atoms with Gasteiger partial charge in [-0.3, -0.25) is 14.5 Å². The van der Waals surface area contributed by atoms with E-state index >= 15 is 0 Å². The minimum absolute atomic E-state index is 0.102. The molecule has 4 rings (SSSR count). The minimum atomic E-state index is -0.176. The highest BCUT2D eigenvalue weighted by molar-refractivity contribution is 6.21. The van der Waals surface area contributed by atoms with E-state index in [0.29, 0.717) is 24.0 Å². The number of methoxy groups -OCH3 is 1. The number of imide groups is 1. The van der Waals surface area contributed by atoms with Gasteiger partial charge in [-0.1, -0.05) is 18.2 Å². The van der Waals surface area contributed by atoms with Crippen LogP contribution in [0.3, 0.4) is 0 Å². The maximum absolute atomic E-state index is 12.5. The second kappa shape index (κ2) is 4.70. The smallest absolute Gasteiger partial charge is 0.261 e. The molecule has 1 heterocycles. The van der Waals surface area contributed by atoms with Gasteiger partial charge in [-0.05, 0) is 48.2 Å². The Bertz CT molecular complexity index is 762. The van der Waals surface area contributed by atoms with Crippen molar-refractivity contribution >= 4 is 11.8 Å². The number of amides is 2. The molecule has 1 aliphatic carbocycles. The molecule has 1 atom stereocenters. The number of fused-ring (bicyclic) bond motifs is 2. The molecule has 4 heteroatoms. The van der Waals surface area contributed by atoms with Crippen LogP contribution in [0.4, 0.5) is 0 Å². The summed E-state index contributed by atoms with van der Waals surface area (Å²) in [6.07, 6.45) is 1.41. The van der Waals surface area contributed by atoms with Crippen molar-refractivity contribution in [2.45, 2.75) is 18.9 Å². The van der Waals surface area contributed by atoms with Gasteiger partial charge in [0.25, 0.3) is 11.8 Å². The van der Waals surface area contributed by atoms with E-state index in [1.807, 2.05) is 18.2 Å². The molecule has 4 nitrogen and oxygen atoms in total. The van der Waals surface area contributed by atoms with Gasteiger partial charge < -0.3 is 4.74 Å². The maximum Gasteiger partial charge on any atom is 0.261 e. The Morgan fingerprint density at radius 2 is 1.59 bits per heavy atom. The molecule has 2 aliphatic rings. The number of nitrogens with zero attached hydrogens (tertiary/aromatic N) is 1. The van der Waals surface area contributed by atoms with Crippen LogP contribution in [0.1, 0.15) is 31.8 Å². The van der Waals surface area contributed by atoms with Crippen LogP contribution in [-0.4, -0.2) is 29.9 Å². The summed E-state index contributed by atoms with van der Waals surface area (Å²) in [7, 11) is 1.64. The third kappa shape index (κ3) is 1.77. The fourth-order valence-corrected chi connectivity index (χ4v) is 3.42. The largest absolute Gasteiger partial charge is 0.497 e. The zero-order valence-electron chi connectivity index (χ0n) is 12.2. The second-order valence-corrected chi connectivity index (χ2v) is 5.72. The molecule has 0 aromatic heterocycles. The number of rotatable bonds is 2. The van der Waals surface area contributed by atoms with Crippen LogP contribution in [0, 0.1) is 0 Å². The topological polar surface area (TPSA) is 46.6 Å². The summed E-state index contributed by atoms with van der Waals surface area (Å²) in [5.41, 5.74) is 3.37. The SMILES string of the molecule is COc1ccc2c(c1)CC(N1C(=O)c3ccccc3C1=O)C2. The molecule has 2 aromatic carbocycles. The van der Waals surface area contributed by atoms with Gasteiger partial charge in [-0.15, -0.1) is 0 Å². The summed E-state index contributed by atoms with van der Waals surface area (Å²) in [6.45, 7) is 0. The maximum atomic E-state index is 12.5. The number of benzene rings is 2. The van der Waals surface area contributed by atoms with E-state index in [2.05, 4.69) is 0 Å². The molecular formula is C18H15NO3. The van der Waals surface area contributed by atoms with Gasteiger partial charge in [0, 0.05) is 6.04 Å². The van der Waals surface area contributed by atoms with Gasteiger partial charge in [-0.25, -0.2) is 0 Å². The first-order valence-corrected chi connectivity index (χ1v) is 7.32. The van der Waals surface area contributed by atoms with E-state index in [-0.39, 0.29) is 17.9 Å². The van der Waals surface area contributed by atoms with E-state index in [1.54, 1.807) is 31.4 Å². The molecule has 22 heavy (non-hydrogen) atoms. The third-order valence-electron chi connectivity index (χ3n) is 4.52. The number of carbonyl (C=O) groups excluding carboxylic acids is 2. The van der Waals surface area contributed by atoms with Crippen LogP contribution in [-0.2, 0) is 12.8 Å². The Hall–Kier alpha value is -2.62. The lowest BCUT2D eigenvalue weighted by Crippen LogP contribution is -2.40. The van der Waals surface area contributed by atoms with Crippen molar-refractivity contribution in [1.29, 1.82) is 0 Å². The van der Waals surface area contributed by atoms with Crippen LogP contribution < -0.4 is 4.74 Å². The summed E-state index contributed by atoms with van der Waals surface area (Å²) in [4.78, 5) is 26.5. The Labute approximate surface area is 128 Å². The molecular weight excluding hydrogens is 278 g/mol. The van der Waals surface area contributed by atoms with Crippen LogP contribution in [0.2, 0.25) is 0 Å². The summed E-state index contributed by atoms with van der Waals surface area (Å²) < 4.78 is 5.25. The lowest BCUT2D eigenvalue weighted by Gasteiger charge is -2.21. The Morgan fingerprint density at radius 1 is 0.955 bits per heavy atom. The molecule has 0 spiro atoms. The van der Waals surface area contributed by atoms with Gasteiger partial charge in [-0.2, -0.15) is 0 Å². The molecule has 0 saturated heterocycles. The van der Waals surface area contributed by atoms with Crippen LogP contribution in [0.5, 0.6) is 5.75 Å². The molecule has 110 valence electrons. The van der Waals surface area contributed by atoms with Crippen molar-refractivity contribution in [2.75, 3.05) is 7.11 Å². The summed E-state index contributed by atoms with van der Waals surface area (Å²) in [5.74, 6) is 0.456. The highest BCUT2D eigenvalue weighted by atomic mass is 16.5. The first-order chi connectivity index (χ1) is 10.7. The lowest BCUT2D eigenvalue weighted by atomic mass is 10.1. The molecule has 2 aromatic rings. The van der Waals surface area contributed by atoms with Crippen molar-refractivity contribution < 1.29 is 14.3 Å². The first-order valence-electron chi connectivity index (χ1n) is 7.32. The van der Waals surface area contributed by atoms with Crippen LogP contribution >= 0.6 is 0 Å². The number of carbonyl (C=O) groups is 2. The fourth-order valence-electron chi connectivity index (χ4n) is 3.42. The zero-order chi connectivity index (χ0) is 15.3. The predicted octanol–water partition coefficient (Wildman–Crippen LogP) is 2.46.